The Morgan fingerprint density at radius 1 is 1.26 bits per heavy atom. The molecule has 1 atom stereocenters. The lowest BCUT2D eigenvalue weighted by Gasteiger charge is -2.14. The first-order valence-corrected chi connectivity index (χ1v) is 9.47. The molecule has 0 spiro atoms. The molecule has 1 aromatic carbocycles. The molecule has 2 aromatic rings. The van der Waals surface area contributed by atoms with Crippen molar-refractivity contribution in [2.45, 2.75) is 50.0 Å². The molecule has 1 aliphatic rings. The van der Waals surface area contributed by atoms with Gasteiger partial charge in [-0.15, -0.1) is 11.8 Å². The highest BCUT2D eigenvalue weighted by molar-refractivity contribution is 7.98. The van der Waals surface area contributed by atoms with E-state index in [9.17, 15) is 0 Å². The van der Waals surface area contributed by atoms with Gasteiger partial charge in [0.1, 0.15) is 5.82 Å². The van der Waals surface area contributed by atoms with Crippen molar-refractivity contribution in [3.63, 3.8) is 0 Å². The summed E-state index contributed by atoms with van der Waals surface area (Å²) in [5.41, 5.74) is 2.21. The van der Waals surface area contributed by atoms with Gasteiger partial charge in [0, 0.05) is 28.6 Å². The number of nitrogens with one attached hydrogen (secondary N) is 2. The molecule has 0 radical (unpaired) electrons. The number of hydrogen-bond acceptors (Lipinski definition) is 5. The molecule has 1 fully saturated rings. The monoisotopic (exact) mass is 328 g/mol. The molecular formula is C18H24N4S. The van der Waals surface area contributed by atoms with E-state index in [1.807, 2.05) is 0 Å². The minimum atomic E-state index is 0.372. The molecule has 3 rings (SSSR count). The smallest absolute Gasteiger partial charge is 0.225 e. The first-order chi connectivity index (χ1) is 11.2. The van der Waals surface area contributed by atoms with Crippen molar-refractivity contribution in [3.8, 4) is 0 Å². The summed E-state index contributed by atoms with van der Waals surface area (Å²) in [5, 5.41) is 6.83. The van der Waals surface area contributed by atoms with Crippen LogP contribution >= 0.6 is 11.8 Å². The summed E-state index contributed by atoms with van der Waals surface area (Å²) in [7, 11) is 0. The molecule has 5 heteroatoms. The summed E-state index contributed by atoms with van der Waals surface area (Å²) in [6.07, 6.45) is 5.61. The fraction of sp³-hybridized carbons (Fsp3) is 0.444. The minimum Gasteiger partial charge on any atom is -0.352 e. The second-order valence-electron chi connectivity index (χ2n) is 6.09. The lowest BCUT2D eigenvalue weighted by Crippen LogP contribution is -2.16. The molecule has 1 heterocycles. The Labute approximate surface area is 142 Å². The van der Waals surface area contributed by atoms with E-state index in [0.29, 0.717) is 12.0 Å². The lowest BCUT2D eigenvalue weighted by molar-refractivity contribution is 0.750. The van der Waals surface area contributed by atoms with Gasteiger partial charge in [-0.3, -0.25) is 0 Å². The first kappa shape index (κ1) is 16.1. The topological polar surface area (TPSA) is 49.8 Å². The van der Waals surface area contributed by atoms with Gasteiger partial charge in [-0.2, -0.15) is 4.98 Å². The Morgan fingerprint density at radius 2 is 2.09 bits per heavy atom. The summed E-state index contributed by atoms with van der Waals surface area (Å²) in [4.78, 5) is 10.6. The summed E-state index contributed by atoms with van der Waals surface area (Å²) >= 11 is 1.74. The predicted octanol–water partition coefficient (Wildman–Crippen LogP) is 5.03. The number of nitrogens with zero attached hydrogens (tertiary/aromatic N) is 2. The van der Waals surface area contributed by atoms with Crippen LogP contribution in [0.5, 0.6) is 0 Å². The Kier molecular flexibility index (Phi) is 5.06. The van der Waals surface area contributed by atoms with Crippen molar-refractivity contribution < 1.29 is 0 Å². The van der Waals surface area contributed by atoms with Gasteiger partial charge < -0.3 is 10.6 Å². The highest BCUT2D eigenvalue weighted by atomic mass is 32.2. The maximum Gasteiger partial charge on any atom is 0.225 e. The summed E-state index contributed by atoms with van der Waals surface area (Å²) in [5.74, 6) is 2.20. The second kappa shape index (κ2) is 7.21. The third kappa shape index (κ3) is 4.38. The van der Waals surface area contributed by atoms with E-state index >= 15 is 0 Å². The average Bonchev–Trinajstić information content (AvgIpc) is 3.39. The van der Waals surface area contributed by atoms with Gasteiger partial charge in [0.05, 0.1) is 5.69 Å². The minimum absolute atomic E-state index is 0.372. The SMILES string of the molecule is CC[C@@H](C)Nc1nc(Nc2cccc(SC)c2)cc(C2CC2)n1. The van der Waals surface area contributed by atoms with Crippen molar-refractivity contribution in [2.24, 2.45) is 0 Å². The van der Waals surface area contributed by atoms with Gasteiger partial charge in [0.25, 0.3) is 0 Å². The molecule has 122 valence electrons. The van der Waals surface area contributed by atoms with Crippen LogP contribution in [0, 0.1) is 0 Å². The van der Waals surface area contributed by atoms with Crippen LogP contribution in [0.2, 0.25) is 0 Å². The number of hydrogen-bond donors (Lipinski definition) is 2. The van der Waals surface area contributed by atoms with Gasteiger partial charge in [-0.05, 0) is 50.6 Å². The fourth-order valence-corrected chi connectivity index (χ4v) is 2.81. The van der Waals surface area contributed by atoms with Crippen LogP contribution in [0.1, 0.15) is 44.7 Å². The third-order valence-corrected chi connectivity index (χ3v) is 4.80. The van der Waals surface area contributed by atoms with Crippen LogP contribution in [0.25, 0.3) is 0 Å². The van der Waals surface area contributed by atoms with E-state index in [4.69, 9.17) is 4.98 Å². The van der Waals surface area contributed by atoms with Gasteiger partial charge >= 0.3 is 0 Å². The molecule has 1 aliphatic carbocycles. The summed E-state index contributed by atoms with van der Waals surface area (Å²) in [6, 6.07) is 10.9. The van der Waals surface area contributed by atoms with E-state index in [1.165, 1.54) is 17.7 Å². The molecular weight excluding hydrogens is 304 g/mol. The van der Waals surface area contributed by atoms with Crippen LogP contribution < -0.4 is 10.6 Å². The van der Waals surface area contributed by atoms with E-state index in [0.717, 1.165) is 29.6 Å². The zero-order valence-corrected chi connectivity index (χ0v) is 14.8. The number of anilines is 3. The largest absolute Gasteiger partial charge is 0.352 e. The number of thioether (sulfide) groups is 1. The van der Waals surface area contributed by atoms with Crippen molar-refractivity contribution >= 4 is 29.2 Å². The van der Waals surface area contributed by atoms with Crippen LogP contribution in [-0.2, 0) is 0 Å². The van der Waals surface area contributed by atoms with Gasteiger partial charge in [0.15, 0.2) is 0 Å². The molecule has 1 aromatic heterocycles. The number of benzene rings is 1. The summed E-state index contributed by atoms with van der Waals surface area (Å²) in [6.45, 7) is 4.32. The molecule has 23 heavy (non-hydrogen) atoms. The van der Waals surface area contributed by atoms with Crippen molar-refractivity contribution in [3.05, 3.63) is 36.0 Å². The molecule has 0 saturated heterocycles. The third-order valence-electron chi connectivity index (χ3n) is 4.07. The zero-order chi connectivity index (χ0) is 16.2. The lowest BCUT2D eigenvalue weighted by atomic mass is 10.2. The predicted molar refractivity (Wildman–Crippen MR) is 98.9 cm³/mol. The Hall–Kier alpha value is -1.75. The quantitative estimate of drug-likeness (QED) is 0.698. The van der Waals surface area contributed by atoms with Crippen molar-refractivity contribution in [1.82, 2.24) is 9.97 Å². The van der Waals surface area contributed by atoms with E-state index in [2.05, 4.69) is 66.1 Å². The number of aromatic nitrogens is 2. The van der Waals surface area contributed by atoms with Crippen molar-refractivity contribution in [2.75, 3.05) is 16.9 Å². The van der Waals surface area contributed by atoms with Crippen LogP contribution in [0.3, 0.4) is 0 Å². The average molecular weight is 328 g/mol. The Bertz CT molecular complexity index is 670. The molecule has 2 N–H and O–H groups in total. The molecule has 0 amide bonds. The second-order valence-corrected chi connectivity index (χ2v) is 6.97. The van der Waals surface area contributed by atoms with Gasteiger partial charge in [-0.25, -0.2) is 4.98 Å². The Balaban J connectivity index is 1.84. The maximum atomic E-state index is 4.69. The molecule has 0 unspecified atom stereocenters. The maximum absolute atomic E-state index is 4.69. The molecule has 0 bridgehead atoms. The standard InChI is InChI=1S/C18H24N4S/c1-4-12(2)19-18-21-16(13-8-9-13)11-17(22-18)20-14-6-5-7-15(10-14)23-3/h5-7,10-13H,4,8-9H2,1-3H3,(H2,19,20,21,22)/t12-/m1/s1. The van der Waals surface area contributed by atoms with Crippen LogP contribution in [0.15, 0.2) is 35.2 Å². The zero-order valence-electron chi connectivity index (χ0n) is 14.0. The van der Waals surface area contributed by atoms with E-state index < -0.39 is 0 Å². The highest BCUT2D eigenvalue weighted by Crippen LogP contribution is 2.40. The Morgan fingerprint density at radius 3 is 2.78 bits per heavy atom. The highest BCUT2D eigenvalue weighted by Gasteiger charge is 2.26. The van der Waals surface area contributed by atoms with Gasteiger partial charge in [0.2, 0.25) is 5.95 Å². The van der Waals surface area contributed by atoms with E-state index in [1.54, 1.807) is 11.8 Å². The van der Waals surface area contributed by atoms with E-state index in [-0.39, 0.29) is 0 Å². The molecule has 1 saturated carbocycles. The number of rotatable bonds is 7. The van der Waals surface area contributed by atoms with Crippen LogP contribution in [0.4, 0.5) is 17.5 Å². The van der Waals surface area contributed by atoms with Crippen LogP contribution in [-0.4, -0.2) is 22.3 Å². The fourth-order valence-electron chi connectivity index (χ4n) is 2.35. The summed E-state index contributed by atoms with van der Waals surface area (Å²) < 4.78 is 0. The first-order valence-electron chi connectivity index (χ1n) is 8.24. The molecule has 0 aliphatic heterocycles. The van der Waals surface area contributed by atoms with Gasteiger partial charge in [-0.1, -0.05) is 13.0 Å². The van der Waals surface area contributed by atoms with Crippen molar-refractivity contribution in [1.29, 1.82) is 0 Å². The molecule has 4 nitrogen and oxygen atoms in total. The normalized spacial score (nSPS) is 15.3.